The van der Waals surface area contributed by atoms with Crippen LogP contribution in [0.15, 0.2) is 18.2 Å². The van der Waals surface area contributed by atoms with Crippen molar-refractivity contribution in [2.24, 2.45) is 0 Å². The SMILES string of the molecule is CNC(=O)N1CCc2c(C(O)N3CCC(c4cccc(F)c4C(F)(F)F)CC3)n[nH]c2C1. The molecule has 1 aromatic carbocycles. The third kappa shape index (κ3) is 4.18. The number of urea groups is 1. The molecule has 3 heterocycles. The van der Waals surface area contributed by atoms with E-state index >= 15 is 0 Å². The molecule has 7 nitrogen and oxygen atoms in total. The number of nitrogens with zero attached hydrogens (tertiary/aromatic N) is 3. The van der Waals surface area contributed by atoms with Gasteiger partial charge in [0.15, 0.2) is 6.23 Å². The molecule has 2 aliphatic rings. The van der Waals surface area contributed by atoms with Gasteiger partial charge in [-0.05, 0) is 36.8 Å². The number of fused-ring (bicyclic) bond motifs is 1. The molecule has 0 aliphatic carbocycles. The Bertz CT molecular complexity index is 985. The van der Waals surface area contributed by atoms with Gasteiger partial charge in [-0.3, -0.25) is 10.00 Å². The number of benzene rings is 1. The van der Waals surface area contributed by atoms with Gasteiger partial charge in [-0.15, -0.1) is 0 Å². The number of carbonyl (C=O) groups is 1. The normalized spacial score (nSPS) is 19.0. The molecule has 0 saturated carbocycles. The van der Waals surface area contributed by atoms with E-state index in [4.69, 9.17) is 0 Å². The molecular formula is C21H25F4N5O2. The summed E-state index contributed by atoms with van der Waals surface area (Å²) in [7, 11) is 1.56. The molecule has 1 saturated heterocycles. The molecule has 1 atom stereocenters. The van der Waals surface area contributed by atoms with E-state index in [-0.39, 0.29) is 11.6 Å². The zero-order valence-electron chi connectivity index (χ0n) is 17.5. The van der Waals surface area contributed by atoms with Crippen LogP contribution in [0, 0.1) is 5.82 Å². The predicted molar refractivity (Wildman–Crippen MR) is 107 cm³/mol. The second kappa shape index (κ2) is 8.70. The van der Waals surface area contributed by atoms with Gasteiger partial charge in [0.25, 0.3) is 0 Å². The van der Waals surface area contributed by atoms with Crippen molar-refractivity contribution >= 4 is 6.03 Å². The molecule has 0 radical (unpaired) electrons. The standard InChI is InChI=1S/C21H25F4N5O2/c1-26-20(32)30-10-7-14-16(11-30)27-28-18(14)19(31)29-8-5-12(6-9-29)13-3-2-4-15(22)17(13)21(23,24)25/h2-4,12,19,31H,5-11H2,1H3,(H,26,32)(H,27,28). The maximum Gasteiger partial charge on any atom is 0.419 e. The summed E-state index contributed by atoms with van der Waals surface area (Å²) in [4.78, 5) is 15.3. The first-order chi connectivity index (χ1) is 15.2. The van der Waals surface area contributed by atoms with Crippen molar-refractivity contribution in [2.45, 2.75) is 44.1 Å². The Kier molecular flexibility index (Phi) is 6.13. The second-order valence-electron chi connectivity index (χ2n) is 8.18. The number of aliphatic hydroxyl groups excluding tert-OH is 1. The molecule has 2 aliphatic heterocycles. The summed E-state index contributed by atoms with van der Waals surface area (Å²) in [6.07, 6.45) is -4.49. The summed E-state index contributed by atoms with van der Waals surface area (Å²) in [5.74, 6) is -1.70. The minimum Gasteiger partial charge on any atom is -0.372 e. The Hall–Kier alpha value is -2.66. The number of carbonyl (C=O) groups excluding carboxylic acids is 1. The number of rotatable bonds is 3. The number of alkyl halides is 3. The summed E-state index contributed by atoms with van der Waals surface area (Å²) in [5.41, 5.74) is 0.887. The number of nitrogens with one attached hydrogen (secondary N) is 2. The number of amides is 2. The molecule has 2 amide bonds. The number of piperidine rings is 1. The van der Waals surface area contributed by atoms with Crippen molar-refractivity contribution in [3.8, 4) is 0 Å². The maximum absolute atomic E-state index is 13.9. The Morgan fingerprint density at radius 2 is 2.00 bits per heavy atom. The van der Waals surface area contributed by atoms with E-state index in [0.29, 0.717) is 51.1 Å². The summed E-state index contributed by atoms with van der Waals surface area (Å²) in [6, 6.07) is 3.28. The predicted octanol–water partition coefficient (Wildman–Crippen LogP) is 3.14. The van der Waals surface area contributed by atoms with Gasteiger partial charge < -0.3 is 15.3 Å². The Labute approximate surface area is 182 Å². The highest BCUT2D eigenvalue weighted by atomic mass is 19.4. The number of hydrogen-bond donors (Lipinski definition) is 3. The minimum absolute atomic E-state index is 0.0296. The first-order valence-corrected chi connectivity index (χ1v) is 10.5. The topological polar surface area (TPSA) is 84.5 Å². The molecule has 2 aromatic rings. The monoisotopic (exact) mass is 455 g/mol. The Morgan fingerprint density at radius 1 is 1.28 bits per heavy atom. The van der Waals surface area contributed by atoms with E-state index < -0.39 is 29.7 Å². The summed E-state index contributed by atoms with van der Waals surface area (Å²) in [5, 5.41) is 20.6. The quantitative estimate of drug-likeness (QED) is 0.621. The number of aromatic nitrogens is 2. The molecular weight excluding hydrogens is 430 g/mol. The average Bonchev–Trinajstić information content (AvgIpc) is 3.20. The molecule has 0 spiro atoms. The third-order valence-corrected chi connectivity index (χ3v) is 6.36. The average molecular weight is 455 g/mol. The van der Waals surface area contributed by atoms with E-state index in [2.05, 4.69) is 15.5 Å². The highest BCUT2D eigenvalue weighted by Gasteiger charge is 2.39. The van der Waals surface area contributed by atoms with Gasteiger partial charge in [0, 0.05) is 32.2 Å². The molecule has 174 valence electrons. The van der Waals surface area contributed by atoms with Crippen LogP contribution in [0.5, 0.6) is 0 Å². The van der Waals surface area contributed by atoms with E-state index in [1.165, 1.54) is 12.1 Å². The lowest BCUT2D eigenvalue weighted by atomic mass is 9.86. The van der Waals surface area contributed by atoms with Gasteiger partial charge >= 0.3 is 12.2 Å². The lowest BCUT2D eigenvalue weighted by molar-refractivity contribution is -0.141. The number of hydrogen-bond acceptors (Lipinski definition) is 4. The first kappa shape index (κ1) is 22.5. The summed E-state index contributed by atoms with van der Waals surface area (Å²) < 4.78 is 54.1. The number of H-pyrrole nitrogens is 1. The number of aliphatic hydroxyl groups is 1. The van der Waals surface area contributed by atoms with Crippen molar-refractivity contribution in [3.05, 3.63) is 52.1 Å². The zero-order chi connectivity index (χ0) is 23.0. The van der Waals surface area contributed by atoms with Crippen LogP contribution in [0.1, 0.15) is 53.1 Å². The Morgan fingerprint density at radius 3 is 2.66 bits per heavy atom. The van der Waals surface area contributed by atoms with Gasteiger partial charge in [-0.25, -0.2) is 9.18 Å². The van der Waals surface area contributed by atoms with Crippen molar-refractivity contribution in [1.29, 1.82) is 0 Å². The second-order valence-corrected chi connectivity index (χ2v) is 8.18. The van der Waals surface area contributed by atoms with Crippen LogP contribution < -0.4 is 5.32 Å². The van der Waals surface area contributed by atoms with Crippen LogP contribution in [-0.2, 0) is 19.1 Å². The van der Waals surface area contributed by atoms with E-state index in [1.54, 1.807) is 16.8 Å². The van der Waals surface area contributed by atoms with E-state index in [1.807, 2.05) is 0 Å². The van der Waals surface area contributed by atoms with Crippen LogP contribution in [0.4, 0.5) is 22.4 Å². The van der Waals surface area contributed by atoms with Gasteiger partial charge in [0.1, 0.15) is 11.5 Å². The van der Waals surface area contributed by atoms with Crippen LogP contribution in [0.2, 0.25) is 0 Å². The molecule has 1 unspecified atom stereocenters. The molecule has 3 N–H and O–H groups in total. The van der Waals surface area contributed by atoms with Gasteiger partial charge in [0.2, 0.25) is 0 Å². The molecule has 11 heteroatoms. The molecule has 4 rings (SSSR count). The fraction of sp³-hybridized carbons (Fsp3) is 0.524. The maximum atomic E-state index is 13.9. The van der Waals surface area contributed by atoms with Crippen LogP contribution in [0.25, 0.3) is 0 Å². The smallest absolute Gasteiger partial charge is 0.372 e. The molecule has 1 fully saturated rings. The summed E-state index contributed by atoms with van der Waals surface area (Å²) >= 11 is 0. The summed E-state index contributed by atoms with van der Waals surface area (Å²) in [6.45, 7) is 1.56. The van der Waals surface area contributed by atoms with Gasteiger partial charge in [-0.1, -0.05) is 12.1 Å². The number of aromatic amines is 1. The largest absolute Gasteiger partial charge is 0.419 e. The van der Waals surface area contributed by atoms with Crippen molar-refractivity contribution in [3.63, 3.8) is 0 Å². The molecule has 1 aromatic heterocycles. The van der Waals surface area contributed by atoms with Crippen LogP contribution in [-0.4, -0.2) is 57.8 Å². The van der Waals surface area contributed by atoms with Gasteiger partial charge in [-0.2, -0.15) is 18.3 Å². The Balaban J connectivity index is 1.45. The fourth-order valence-electron chi connectivity index (χ4n) is 4.70. The zero-order valence-corrected chi connectivity index (χ0v) is 17.5. The lowest BCUT2D eigenvalue weighted by Gasteiger charge is -2.36. The highest BCUT2D eigenvalue weighted by molar-refractivity contribution is 5.74. The third-order valence-electron chi connectivity index (χ3n) is 6.36. The molecule has 32 heavy (non-hydrogen) atoms. The fourth-order valence-corrected chi connectivity index (χ4v) is 4.70. The van der Waals surface area contributed by atoms with Crippen molar-refractivity contribution < 1.29 is 27.5 Å². The molecule has 0 bridgehead atoms. The number of halogens is 4. The van der Waals surface area contributed by atoms with Crippen molar-refractivity contribution in [2.75, 3.05) is 26.7 Å². The lowest BCUT2D eigenvalue weighted by Crippen LogP contribution is -2.41. The minimum atomic E-state index is -4.76. The number of likely N-dealkylation sites (tertiary alicyclic amines) is 1. The van der Waals surface area contributed by atoms with Crippen LogP contribution in [0.3, 0.4) is 0 Å². The van der Waals surface area contributed by atoms with Crippen molar-refractivity contribution in [1.82, 2.24) is 25.3 Å². The first-order valence-electron chi connectivity index (χ1n) is 10.5. The van der Waals surface area contributed by atoms with Gasteiger partial charge in [0.05, 0.1) is 17.8 Å². The van der Waals surface area contributed by atoms with Crippen LogP contribution >= 0.6 is 0 Å². The van der Waals surface area contributed by atoms with E-state index in [0.717, 1.165) is 17.3 Å². The van der Waals surface area contributed by atoms with E-state index in [9.17, 15) is 27.5 Å². The highest BCUT2D eigenvalue weighted by Crippen LogP contribution is 2.41.